The molecule has 126 valence electrons. The molecule has 4 heteroatoms. The highest BCUT2D eigenvalue weighted by atomic mass is 16.2. The third-order valence-corrected chi connectivity index (χ3v) is 4.24. The molecule has 0 unspecified atom stereocenters. The topological polar surface area (TPSA) is 67.5 Å². The van der Waals surface area contributed by atoms with Gasteiger partial charge in [0.15, 0.2) is 0 Å². The summed E-state index contributed by atoms with van der Waals surface area (Å²) in [6.07, 6.45) is 1.82. The van der Waals surface area contributed by atoms with Crippen molar-refractivity contribution in [3.8, 4) is 0 Å². The van der Waals surface area contributed by atoms with Crippen LogP contribution in [0.5, 0.6) is 0 Å². The fourth-order valence-electron chi connectivity index (χ4n) is 2.93. The van der Waals surface area contributed by atoms with Crippen molar-refractivity contribution < 1.29 is 4.79 Å². The van der Waals surface area contributed by atoms with E-state index in [9.17, 15) is 4.79 Å². The highest BCUT2D eigenvalue weighted by Crippen LogP contribution is 2.32. The Labute approximate surface area is 151 Å². The maximum absolute atomic E-state index is 12.5. The number of fused-ring (bicyclic) bond motifs is 1. The molecular weight excluding hydrogens is 322 g/mol. The van der Waals surface area contributed by atoms with E-state index in [4.69, 9.17) is 10.7 Å². The number of nitrogens with two attached hydrogens (primary N) is 1. The Balaban J connectivity index is 1.88. The number of rotatable bonds is 3. The van der Waals surface area contributed by atoms with Crippen LogP contribution in [-0.2, 0) is 4.79 Å². The molecule has 0 spiro atoms. The lowest BCUT2D eigenvalue weighted by molar-refractivity contribution is -0.110. The van der Waals surface area contributed by atoms with E-state index in [-0.39, 0.29) is 5.91 Å². The van der Waals surface area contributed by atoms with E-state index in [0.717, 1.165) is 16.8 Å². The predicted octanol–water partition coefficient (Wildman–Crippen LogP) is 4.43. The number of aliphatic imine (C=N–C) groups is 1. The van der Waals surface area contributed by atoms with Crippen molar-refractivity contribution >= 4 is 34.3 Å². The Hall–Kier alpha value is -3.66. The number of para-hydroxylation sites is 3. The molecule has 0 aliphatic carbocycles. The van der Waals surface area contributed by atoms with Crippen molar-refractivity contribution in [2.24, 2.45) is 4.99 Å². The van der Waals surface area contributed by atoms with Crippen LogP contribution in [0.3, 0.4) is 0 Å². The summed E-state index contributed by atoms with van der Waals surface area (Å²) in [5.74, 6) is -0.129. The Kier molecular flexibility index (Phi) is 4.07. The number of allylic oxidation sites excluding steroid dienone is 1. The number of hydrogen-bond donors (Lipinski definition) is 2. The summed E-state index contributed by atoms with van der Waals surface area (Å²) in [6, 6.07) is 24.8. The zero-order valence-electron chi connectivity index (χ0n) is 14.0. The van der Waals surface area contributed by atoms with Crippen LogP contribution in [0.15, 0.2) is 89.9 Å². The summed E-state index contributed by atoms with van der Waals surface area (Å²) >= 11 is 0. The van der Waals surface area contributed by atoms with Gasteiger partial charge in [-0.15, -0.1) is 0 Å². The van der Waals surface area contributed by atoms with Crippen LogP contribution in [-0.4, -0.2) is 11.6 Å². The highest BCUT2D eigenvalue weighted by molar-refractivity contribution is 6.35. The number of anilines is 2. The van der Waals surface area contributed by atoms with E-state index in [1.807, 2.05) is 84.9 Å². The zero-order chi connectivity index (χ0) is 17.9. The number of nitrogens with one attached hydrogen (secondary N) is 1. The molecule has 1 aliphatic rings. The first-order valence-electron chi connectivity index (χ1n) is 8.33. The molecule has 1 heterocycles. The Bertz CT molecular complexity index is 1040. The molecule has 0 bridgehead atoms. The van der Waals surface area contributed by atoms with E-state index in [1.54, 1.807) is 0 Å². The average Bonchev–Trinajstić information content (AvgIpc) is 2.99. The van der Waals surface area contributed by atoms with Crippen LogP contribution in [0.1, 0.15) is 11.1 Å². The van der Waals surface area contributed by atoms with E-state index in [1.165, 1.54) is 0 Å². The van der Waals surface area contributed by atoms with Gasteiger partial charge in [-0.1, -0.05) is 60.7 Å². The van der Waals surface area contributed by atoms with Gasteiger partial charge in [-0.25, -0.2) is 4.99 Å². The minimum Gasteiger partial charge on any atom is -0.397 e. The van der Waals surface area contributed by atoms with Gasteiger partial charge in [0.1, 0.15) is 0 Å². The lowest BCUT2D eigenvalue weighted by Gasteiger charge is -2.06. The van der Waals surface area contributed by atoms with E-state index >= 15 is 0 Å². The van der Waals surface area contributed by atoms with Crippen LogP contribution in [0.4, 0.5) is 17.1 Å². The monoisotopic (exact) mass is 339 g/mol. The van der Waals surface area contributed by atoms with Gasteiger partial charge in [-0.2, -0.15) is 0 Å². The number of nitrogen functional groups attached to an aromatic ring is 1. The van der Waals surface area contributed by atoms with E-state index in [0.29, 0.717) is 22.7 Å². The molecule has 3 aromatic rings. The zero-order valence-corrected chi connectivity index (χ0v) is 14.0. The first kappa shape index (κ1) is 15.8. The van der Waals surface area contributed by atoms with Gasteiger partial charge < -0.3 is 11.1 Å². The second kappa shape index (κ2) is 6.69. The molecule has 0 atom stereocenters. The maximum atomic E-state index is 12.5. The summed E-state index contributed by atoms with van der Waals surface area (Å²) < 4.78 is 0. The molecule has 26 heavy (non-hydrogen) atoms. The van der Waals surface area contributed by atoms with Crippen LogP contribution in [0.25, 0.3) is 5.57 Å². The highest BCUT2D eigenvalue weighted by Gasteiger charge is 2.24. The maximum Gasteiger partial charge on any atom is 0.256 e. The number of benzene rings is 3. The van der Waals surface area contributed by atoms with Gasteiger partial charge in [0, 0.05) is 16.8 Å². The Morgan fingerprint density at radius 1 is 0.885 bits per heavy atom. The average molecular weight is 339 g/mol. The number of amides is 1. The van der Waals surface area contributed by atoms with Gasteiger partial charge in [0.25, 0.3) is 5.91 Å². The molecule has 0 radical (unpaired) electrons. The smallest absolute Gasteiger partial charge is 0.256 e. The van der Waals surface area contributed by atoms with E-state index < -0.39 is 0 Å². The minimum atomic E-state index is -0.129. The number of nitrogens with zero attached hydrogens (tertiary/aromatic N) is 1. The van der Waals surface area contributed by atoms with Crippen molar-refractivity contribution in [3.05, 3.63) is 96.1 Å². The Morgan fingerprint density at radius 3 is 2.38 bits per heavy atom. The van der Waals surface area contributed by atoms with Gasteiger partial charge in [0.2, 0.25) is 0 Å². The van der Waals surface area contributed by atoms with Crippen molar-refractivity contribution in [2.75, 3.05) is 11.1 Å². The number of carbonyl (C=O) groups is 1. The third-order valence-electron chi connectivity index (χ3n) is 4.24. The molecule has 0 saturated carbocycles. The molecule has 0 saturated heterocycles. The molecule has 4 rings (SSSR count). The first-order valence-corrected chi connectivity index (χ1v) is 8.33. The second-order valence-electron chi connectivity index (χ2n) is 5.98. The summed E-state index contributed by atoms with van der Waals surface area (Å²) in [6.45, 7) is 0. The normalized spacial score (nSPS) is 15.0. The summed E-state index contributed by atoms with van der Waals surface area (Å²) in [5, 5.41) is 2.89. The standard InChI is InChI=1S/C22H17N3O/c23-18-11-5-7-13-20(18)24-21(15-8-2-1-3-9-15)14-17-16-10-4-6-12-19(16)25-22(17)26/h1-14H,23H2,(H,25,26)/b17-14+,24-21?. The van der Waals surface area contributed by atoms with Gasteiger partial charge in [-0.05, 0) is 24.3 Å². The van der Waals surface area contributed by atoms with Crippen LogP contribution < -0.4 is 11.1 Å². The van der Waals surface area contributed by atoms with Crippen LogP contribution in [0, 0.1) is 0 Å². The lowest BCUT2D eigenvalue weighted by Crippen LogP contribution is -2.06. The number of hydrogen-bond acceptors (Lipinski definition) is 3. The fraction of sp³-hybridized carbons (Fsp3) is 0. The molecule has 3 N–H and O–H groups in total. The number of carbonyl (C=O) groups excluding carboxylic acids is 1. The van der Waals surface area contributed by atoms with Crippen LogP contribution in [0.2, 0.25) is 0 Å². The summed E-state index contributed by atoms with van der Waals surface area (Å²) in [4.78, 5) is 17.2. The predicted molar refractivity (Wildman–Crippen MR) is 107 cm³/mol. The first-order chi connectivity index (χ1) is 12.7. The summed E-state index contributed by atoms with van der Waals surface area (Å²) in [7, 11) is 0. The molecule has 0 fully saturated rings. The van der Waals surface area contributed by atoms with Crippen molar-refractivity contribution in [2.45, 2.75) is 0 Å². The molecule has 3 aromatic carbocycles. The van der Waals surface area contributed by atoms with Gasteiger partial charge in [-0.3, -0.25) is 4.79 Å². The van der Waals surface area contributed by atoms with E-state index in [2.05, 4.69) is 5.32 Å². The second-order valence-corrected chi connectivity index (χ2v) is 5.98. The molecule has 0 aromatic heterocycles. The quantitative estimate of drug-likeness (QED) is 0.421. The largest absolute Gasteiger partial charge is 0.397 e. The molecule has 4 nitrogen and oxygen atoms in total. The Morgan fingerprint density at radius 2 is 1.58 bits per heavy atom. The molecule has 1 aliphatic heterocycles. The van der Waals surface area contributed by atoms with Gasteiger partial charge in [0.05, 0.1) is 22.7 Å². The molecular formula is C22H17N3O. The fourth-order valence-corrected chi connectivity index (χ4v) is 2.93. The van der Waals surface area contributed by atoms with Crippen molar-refractivity contribution in [1.29, 1.82) is 0 Å². The SMILES string of the molecule is Nc1ccccc1N=C(/C=C1/C(=O)Nc2ccccc21)c1ccccc1. The third kappa shape index (κ3) is 3.00. The summed E-state index contributed by atoms with van der Waals surface area (Å²) in [5.41, 5.74) is 11.2. The lowest BCUT2D eigenvalue weighted by atomic mass is 10.0. The van der Waals surface area contributed by atoms with Gasteiger partial charge >= 0.3 is 0 Å². The van der Waals surface area contributed by atoms with Crippen molar-refractivity contribution in [3.63, 3.8) is 0 Å². The van der Waals surface area contributed by atoms with Crippen LogP contribution >= 0.6 is 0 Å². The minimum absolute atomic E-state index is 0.129. The molecule has 1 amide bonds. The van der Waals surface area contributed by atoms with Crippen molar-refractivity contribution in [1.82, 2.24) is 0 Å².